The van der Waals surface area contributed by atoms with Crippen molar-refractivity contribution < 1.29 is 9.59 Å². The molecule has 0 radical (unpaired) electrons. The van der Waals surface area contributed by atoms with Crippen LogP contribution < -0.4 is 0 Å². The second kappa shape index (κ2) is 9.59. The van der Waals surface area contributed by atoms with Crippen molar-refractivity contribution in [3.8, 4) is 0 Å². The van der Waals surface area contributed by atoms with E-state index < -0.39 is 5.92 Å². The minimum atomic E-state index is -0.405. The monoisotopic (exact) mass is 470 g/mol. The number of hydrogen-bond acceptors (Lipinski definition) is 3. The first-order valence-corrected chi connectivity index (χ1v) is 12.9. The summed E-state index contributed by atoms with van der Waals surface area (Å²) < 4.78 is 0. The standard InChI is InChI=1S/C29H30N2O2S/c1-20(2)19-31-27(25-13-8-18-34-25)26(23-11-6-7-12-24(23)28(31)32)29(33)30-16-14-22(15-17-30)21-9-4-3-5-10-21/h3-14,18,20,26-27H,15-17,19H2,1-2H3/t26-,27-/m1/s1. The van der Waals surface area contributed by atoms with Crippen molar-refractivity contribution in [3.05, 3.63) is 99.8 Å². The van der Waals surface area contributed by atoms with Gasteiger partial charge in [0.15, 0.2) is 0 Å². The van der Waals surface area contributed by atoms with E-state index in [1.165, 1.54) is 11.1 Å². The van der Waals surface area contributed by atoms with Gasteiger partial charge in [-0.05, 0) is 46.6 Å². The first-order valence-electron chi connectivity index (χ1n) is 12.0. The fourth-order valence-corrected chi connectivity index (χ4v) is 6.08. The Morgan fingerprint density at radius 1 is 1.03 bits per heavy atom. The summed E-state index contributed by atoms with van der Waals surface area (Å²) in [6, 6.07) is 21.9. The van der Waals surface area contributed by atoms with E-state index in [0.29, 0.717) is 31.1 Å². The second-order valence-electron chi connectivity index (χ2n) is 9.51. The Morgan fingerprint density at radius 3 is 2.47 bits per heavy atom. The number of amides is 2. The molecule has 0 fully saturated rings. The lowest BCUT2D eigenvalue weighted by Crippen LogP contribution is -2.49. The van der Waals surface area contributed by atoms with Crippen molar-refractivity contribution >= 4 is 28.7 Å². The molecule has 0 saturated carbocycles. The SMILES string of the molecule is CC(C)CN1C(=O)c2ccccc2[C@@H](C(=O)N2CC=C(c3ccccc3)CC2)[C@H]1c1cccs1. The third-order valence-electron chi connectivity index (χ3n) is 6.77. The van der Waals surface area contributed by atoms with Gasteiger partial charge in [0.2, 0.25) is 5.91 Å². The van der Waals surface area contributed by atoms with Gasteiger partial charge in [0.05, 0.1) is 12.0 Å². The highest BCUT2D eigenvalue weighted by molar-refractivity contribution is 7.10. The molecule has 2 amide bonds. The number of thiophene rings is 1. The van der Waals surface area contributed by atoms with Crippen LogP contribution >= 0.6 is 11.3 Å². The number of rotatable bonds is 5. The zero-order valence-electron chi connectivity index (χ0n) is 19.7. The van der Waals surface area contributed by atoms with E-state index in [0.717, 1.165) is 16.9 Å². The van der Waals surface area contributed by atoms with E-state index in [9.17, 15) is 9.59 Å². The topological polar surface area (TPSA) is 40.6 Å². The quantitative estimate of drug-likeness (QED) is 0.459. The molecule has 0 bridgehead atoms. The van der Waals surface area contributed by atoms with Crippen LogP contribution in [0, 0.1) is 5.92 Å². The Balaban J connectivity index is 1.52. The van der Waals surface area contributed by atoms with E-state index in [-0.39, 0.29) is 17.9 Å². The first-order chi connectivity index (χ1) is 16.5. The number of benzene rings is 2. The van der Waals surface area contributed by atoms with Gasteiger partial charge in [0.25, 0.3) is 5.91 Å². The molecule has 2 aromatic carbocycles. The third-order valence-corrected chi connectivity index (χ3v) is 7.71. The summed E-state index contributed by atoms with van der Waals surface area (Å²) in [6.45, 7) is 6.15. The van der Waals surface area contributed by atoms with Crippen LogP contribution in [-0.4, -0.2) is 41.2 Å². The van der Waals surface area contributed by atoms with Gasteiger partial charge in [0.1, 0.15) is 0 Å². The molecule has 5 heteroatoms. The molecule has 4 nitrogen and oxygen atoms in total. The maximum atomic E-state index is 14.2. The minimum Gasteiger partial charge on any atom is -0.338 e. The fourth-order valence-electron chi connectivity index (χ4n) is 5.21. The van der Waals surface area contributed by atoms with Crippen LogP contribution in [0.4, 0.5) is 0 Å². The summed E-state index contributed by atoms with van der Waals surface area (Å²) >= 11 is 1.63. The number of carbonyl (C=O) groups excluding carboxylic acids is 2. The lowest BCUT2D eigenvalue weighted by atomic mass is 9.80. The van der Waals surface area contributed by atoms with Crippen molar-refractivity contribution in [3.63, 3.8) is 0 Å². The average molecular weight is 471 g/mol. The smallest absolute Gasteiger partial charge is 0.254 e. The number of hydrogen-bond donors (Lipinski definition) is 0. The molecule has 2 atom stereocenters. The van der Waals surface area contributed by atoms with Crippen molar-refractivity contribution in [2.75, 3.05) is 19.6 Å². The highest BCUT2D eigenvalue weighted by Crippen LogP contribution is 2.45. The molecule has 3 heterocycles. The van der Waals surface area contributed by atoms with Gasteiger partial charge in [-0.3, -0.25) is 9.59 Å². The van der Waals surface area contributed by atoms with Gasteiger partial charge in [-0.2, -0.15) is 0 Å². The second-order valence-corrected chi connectivity index (χ2v) is 10.5. The molecule has 1 aromatic heterocycles. The largest absolute Gasteiger partial charge is 0.338 e. The van der Waals surface area contributed by atoms with Gasteiger partial charge < -0.3 is 9.80 Å². The predicted molar refractivity (Wildman–Crippen MR) is 138 cm³/mol. The third kappa shape index (κ3) is 4.21. The van der Waals surface area contributed by atoms with Gasteiger partial charge in [0, 0.05) is 30.1 Å². The number of fused-ring (bicyclic) bond motifs is 1. The molecular formula is C29H30N2O2S. The van der Waals surface area contributed by atoms with Crippen LogP contribution in [0.1, 0.15) is 58.6 Å². The highest BCUT2D eigenvalue weighted by Gasteiger charge is 2.46. The van der Waals surface area contributed by atoms with Gasteiger partial charge in [-0.25, -0.2) is 0 Å². The Kier molecular flexibility index (Phi) is 6.38. The van der Waals surface area contributed by atoms with E-state index in [1.807, 2.05) is 51.6 Å². The molecule has 2 aliphatic heterocycles. The maximum absolute atomic E-state index is 14.2. The Hall–Kier alpha value is -3.18. The zero-order valence-corrected chi connectivity index (χ0v) is 20.5. The molecular weight excluding hydrogens is 440 g/mol. The fraction of sp³-hybridized carbons (Fsp3) is 0.310. The average Bonchev–Trinajstić information content (AvgIpc) is 3.40. The Morgan fingerprint density at radius 2 is 1.79 bits per heavy atom. The molecule has 0 spiro atoms. The van der Waals surface area contributed by atoms with Gasteiger partial charge in [-0.1, -0.05) is 74.5 Å². The van der Waals surface area contributed by atoms with Gasteiger partial charge >= 0.3 is 0 Å². The van der Waals surface area contributed by atoms with E-state index in [4.69, 9.17) is 0 Å². The van der Waals surface area contributed by atoms with E-state index in [1.54, 1.807) is 11.3 Å². The highest BCUT2D eigenvalue weighted by atomic mass is 32.1. The molecule has 34 heavy (non-hydrogen) atoms. The molecule has 5 rings (SSSR count). The van der Waals surface area contributed by atoms with Crippen LogP contribution in [-0.2, 0) is 4.79 Å². The van der Waals surface area contributed by atoms with Crippen LogP contribution in [0.5, 0.6) is 0 Å². The summed E-state index contributed by atoms with van der Waals surface area (Å²) in [6.07, 6.45) is 3.02. The van der Waals surface area contributed by atoms with Crippen LogP contribution in [0.25, 0.3) is 5.57 Å². The van der Waals surface area contributed by atoms with Crippen molar-refractivity contribution in [1.82, 2.24) is 9.80 Å². The molecule has 174 valence electrons. The van der Waals surface area contributed by atoms with E-state index in [2.05, 4.69) is 50.3 Å². The van der Waals surface area contributed by atoms with Crippen molar-refractivity contribution in [1.29, 1.82) is 0 Å². The lowest BCUT2D eigenvalue weighted by Gasteiger charge is -2.43. The van der Waals surface area contributed by atoms with Gasteiger partial charge in [-0.15, -0.1) is 11.3 Å². The van der Waals surface area contributed by atoms with Crippen LogP contribution in [0.2, 0.25) is 0 Å². The molecule has 0 N–H and O–H groups in total. The summed E-state index contributed by atoms with van der Waals surface area (Å²) in [5, 5.41) is 2.03. The molecule has 0 unspecified atom stereocenters. The number of carbonyl (C=O) groups is 2. The predicted octanol–water partition coefficient (Wildman–Crippen LogP) is 6.00. The molecule has 2 aliphatic rings. The Bertz CT molecular complexity index is 1200. The van der Waals surface area contributed by atoms with Crippen molar-refractivity contribution in [2.24, 2.45) is 5.92 Å². The lowest BCUT2D eigenvalue weighted by molar-refractivity contribution is -0.134. The first kappa shape index (κ1) is 22.6. The summed E-state index contributed by atoms with van der Waals surface area (Å²) in [7, 11) is 0. The van der Waals surface area contributed by atoms with Crippen LogP contribution in [0.15, 0.2) is 78.2 Å². The summed E-state index contributed by atoms with van der Waals surface area (Å²) in [5.74, 6) is 0.0314. The maximum Gasteiger partial charge on any atom is 0.254 e. The van der Waals surface area contributed by atoms with E-state index >= 15 is 0 Å². The normalized spacial score (nSPS) is 20.3. The van der Waals surface area contributed by atoms with Crippen molar-refractivity contribution in [2.45, 2.75) is 32.2 Å². The molecule has 3 aromatic rings. The minimum absolute atomic E-state index is 0.0247. The molecule has 0 aliphatic carbocycles. The number of nitrogens with zero attached hydrogens (tertiary/aromatic N) is 2. The zero-order chi connectivity index (χ0) is 23.7. The Labute approximate surface area is 205 Å². The van der Waals surface area contributed by atoms with Crippen LogP contribution in [0.3, 0.4) is 0 Å². The summed E-state index contributed by atoms with van der Waals surface area (Å²) in [4.78, 5) is 32.7. The summed E-state index contributed by atoms with van der Waals surface area (Å²) in [5.41, 5.74) is 4.03. The molecule has 0 saturated heterocycles.